The van der Waals surface area contributed by atoms with Crippen LogP contribution in [0.25, 0.3) is 0 Å². The van der Waals surface area contributed by atoms with Gasteiger partial charge >= 0.3 is 0 Å². The van der Waals surface area contributed by atoms with Crippen molar-refractivity contribution in [1.82, 2.24) is 5.32 Å². The Balaban J connectivity index is 2.73. The van der Waals surface area contributed by atoms with Crippen LogP contribution in [-0.2, 0) is 0 Å². The molecule has 1 N–H and O–H groups in total. The molecule has 0 saturated heterocycles. The summed E-state index contributed by atoms with van der Waals surface area (Å²) in [6, 6.07) is 0. The van der Waals surface area contributed by atoms with Crippen molar-refractivity contribution < 1.29 is 0 Å². The molecule has 0 fully saturated rings. The smallest absolute Gasteiger partial charge is 0.0529 e. The third kappa shape index (κ3) is 3.54. The van der Waals surface area contributed by atoms with Crippen LogP contribution >= 0.6 is 0 Å². The Morgan fingerprint density at radius 2 is 2.50 bits per heavy atom. The largest absolute Gasteiger partial charge is 0.387 e. The zero-order valence-electron chi connectivity index (χ0n) is 4.28. The van der Waals surface area contributed by atoms with Crippen molar-refractivity contribution in [3.8, 4) is 0 Å². The average Bonchev–Trinajstić information content (AvgIpc) is 1.61. The molecule has 0 spiro atoms. The minimum absolute atomic E-state index is 1.06. The summed E-state index contributed by atoms with van der Waals surface area (Å²) in [7, 11) is 1.84. The highest BCUT2D eigenvalue weighted by atomic mass is 14.8. The van der Waals surface area contributed by atoms with E-state index in [1.807, 2.05) is 13.1 Å². The number of hydrogen-bond donors (Lipinski definition) is 1. The molecule has 1 heteroatoms. The van der Waals surface area contributed by atoms with Gasteiger partial charge < -0.3 is 5.32 Å². The fraction of sp³-hybridized carbons (Fsp3) is 0.600. The maximum Gasteiger partial charge on any atom is 0.0529 e. The molecule has 0 aliphatic rings. The predicted octanol–water partition coefficient (Wildman–Crippen LogP) is 0.933. The van der Waals surface area contributed by atoms with E-state index in [4.69, 9.17) is 0 Å². The quantitative estimate of drug-likeness (QED) is 0.491. The van der Waals surface area contributed by atoms with E-state index in [1.54, 1.807) is 0 Å². The van der Waals surface area contributed by atoms with Gasteiger partial charge in [0.2, 0.25) is 0 Å². The maximum atomic E-state index is 2.82. The fourth-order valence-electron chi connectivity index (χ4n) is 0.204. The molecule has 1 nitrogen and oxygen atoms in total. The lowest BCUT2D eigenvalue weighted by Gasteiger charge is -1.77. The molecular formula is C5H10N. The highest BCUT2D eigenvalue weighted by Crippen LogP contribution is 1.71. The number of rotatable bonds is 2. The molecule has 1 radical (unpaired) electrons. The van der Waals surface area contributed by atoms with Gasteiger partial charge in [0.1, 0.15) is 0 Å². The van der Waals surface area contributed by atoms with Crippen molar-refractivity contribution >= 4 is 0 Å². The van der Waals surface area contributed by atoms with Gasteiger partial charge in [-0.3, -0.25) is 0 Å². The molecule has 0 rings (SSSR count). The van der Waals surface area contributed by atoms with Gasteiger partial charge in [0.25, 0.3) is 0 Å². The standard InChI is InChI=1S/C5H10N/c1-3-4-5-6-2/h4,6H,3H2,1-2H3. The van der Waals surface area contributed by atoms with Crippen LogP contribution in [0, 0.1) is 6.20 Å². The molecular weight excluding hydrogens is 74.1 g/mol. The first-order valence-corrected chi connectivity index (χ1v) is 2.15. The zero-order valence-corrected chi connectivity index (χ0v) is 4.28. The van der Waals surface area contributed by atoms with Crippen molar-refractivity contribution in [2.24, 2.45) is 0 Å². The topological polar surface area (TPSA) is 12.0 Å². The number of hydrogen-bond acceptors (Lipinski definition) is 1. The fourth-order valence-corrected chi connectivity index (χ4v) is 0.204. The van der Waals surface area contributed by atoms with E-state index in [-0.39, 0.29) is 0 Å². The average molecular weight is 84.1 g/mol. The van der Waals surface area contributed by atoms with E-state index in [9.17, 15) is 0 Å². The SMILES string of the molecule is CC/C=[C]\NC. The molecule has 0 amide bonds. The van der Waals surface area contributed by atoms with Crippen LogP contribution in [0.4, 0.5) is 0 Å². The van der Waals surface area contributed by atoms with E-state index in [2.05, 4.69) is 18.4 Å². The van der Waals surface area contributed by atoms with Gasteiger partial charge in [-0.15, -0.1) is 0 Å². The van der Waals surface area contributed by atoms with Gasteiger partial charge in [0.05, 0.1) is 6.20 Å². The molecule has 0 unspecified atom stereocenters. The van der Waals surface area contributed by atoms with Crippen LogP contribution < -0.4 is 5.32 Å². The molecule has 0 bridgehead atoms. The first-order chi connectivity index (χ1) is 2.91. The Kier molecular flexibility index (Phi) is 4.19. The summed E-state index contributed by atoms with van der Waals surface area (Å²) in [5.41, 5.74) is 0. The Hall–Kier alpha value is -0.460. The second-order valence-corrected chi connectivity index (χ2v) is 1.01. The third-order valence-electron chi connectivity index (χ3n) is 0.451. The molecule has 0 aromatic rings. The van der Waals surface area contributed by atoms with E-state index < -0.39 is 0 Å². The van der Waals surface area contributed by atoms with Gasteiger partial charge in [-0.25, -0.2) is 0 Å². The molecule has 0 aliphatic heterocycles. The molecule has 6 heavy (non-hydrogen) atoms. The van der Waals surface area contributed by atoms with E-state index in [1.165, 1.54) is 0 Å². The normalized spacial score (nSPS) is 9.67. The lowest BCUT2D eigenvalue weighted by molar-refractivity contribution is 1.03. The van der Waals surface area contributed by atoms with Crippen LogP contribution in [0.15, 0.2) is 6.08 Å². The highest BCUT2D eigenvalue weighted by molar-refractivity contribution is 4.66. The maximum absolute atomic E-state index is 2.82. The molecule has 35 valence electrons. The van der Waals surface area contributed by atoms with Gasteiger partial charge in [0, 0.05) is 7.05 Å². The van der Waals surface area contributed by atoms with Gasteiger partial charge in [-0.05, 0) is 6.42 Å². The number of nitrogens with one attached hydrogen (secondary N) is 1. The van der Waals surface area contributed by atoms with Crippen molar-refractivity contribution in [1.29, 1.82) is 0 Å². The Bertz CT molecular complexity index is 33.2. The van der Waals surface area contributed by atoms with Crippen LogP contribution in [-0.4, -0.2) is 7.05 Å². The van der Waals surface area contributed by atoms with Crippen LogP contribution in [0.3, 0.4) is 0 Å². The molecule has 0 atom stereocenters. The van der Waals surface area contributed by atoms with Crippen LogP contribution in [0.5, 0.6) is 0 Å². The van der Waals surface area contributed by atoms with Gasteiger partial charge in [-0.1, -0.05) is 13.0 Å². The molecule has 0 aromatic heterocycles. The van der Waals surface area contributed by atoms with Gasteiger partial charge in [-0.2, -0.15) is 0 Å². The third-order valence-corrected chi connectivity index (χ3v) is 0.451. The predicted molar refractivity (Wildman–Crippen MR) is 27.2 cm³/mol. The summed E-state index contributed by atoms with van der Waals surface area (Å²) in [4.78, 5) is 0. The highest BCUT2D eigenvalue weighted by Gasteiger charge is 1.58. The summed E-state index contributed by atoms with van der Waals surface area (Å²) in [6.07, 6.45) is 5.82. The summed E-state index contributed by atoms with van der Waals surface area (Å²) in [6.45, 7) is 2.07. The lowest BCUT2D eigenvalue weighted by Crippen LogP contribution is -1.91. The second kappa shape index (κ2) is 4.54. The van der Waals surface area contributed by atoms with E-state index >= 15 is 0 Å². The molecule has 0 aliphatic carbocycles. The summed E-state index contributed by atoms with van der Waals surface area (Å²) >= 11 is 0. The lowest BCUT2D eigenvalue weighted by atomic mass is 10.5. The van der Waals surface area contributed by atoms with Gasteiger partial charge in [0.15, 0.2) is 0 Å². The number of allylic oxidation sites excluding steroid dienone is 1. The first kappa shape index (κ1) is 5.54. The molecule has 0 aromatic carbocycles. The summed E-state index contributed by atoms with van der Waals surface area (Å²) < 4.78 is 0. The van der Waals surface area contributed by atoms with Crippen molar-refractivity contribution in [3.05, 3.63) is 12.3 Å². The zero-order chi connectivity index (χ0) is 4.83. The molecule has 0 saturated carbocycles. The first-order valence-electron chi connectivity index (χ1n) is 2.15. The minimum atomic E-state index is 1.06. The van der Waals surface area contributed by atoms with Crippen molar-refractivity contribution in [3.63, 3.8) is 0 Å². The van der Waals surface area contributed by atoms with Crippen molar-refractivity contribution in [2.45, 2.75) is 13.3 Å². The molecule has 0 heterocycles. The van der Waals surface area contributed by atoms with Crippen LogP contribution in [0.2, 0.25) is 0 Å². The summed E-state index contributed by atoms with van der Waals surface area (Å²) in [5, 5.41) is 2.76. The second-order valence-electron chi connectivity index (χ2n) is 1.01. The summed E-state index contributed by atoms with van der Waals surface area (Å²) in [5.74, 6) is 0. The van der Waals surface area contributed by atoms with E-state index in [0.717, 1.165) is 6.42 Å². The van der Waals surface area contributed by atoms with Crippen molar-refractivity contribution in [2.75, 3.05) is 7.05 Å². The Morgan fingerprint density at radius 1 is 1.83 bits per heavy atom. The Morgan fingerprint density at radius 3 is 2.67 bits per heavy atom. The Labute approximate surface area is 39.1 Å². The minimum Gasteiger partial charge on any atom is -0.387 e. The van der Waals surface area contributed by atoms with E-state index in [0.29, 0.717) is 0 Å². The van der Waals surface area contributed by atoms with Crippen LogP contribution in [0.1, 0.15) is 13.3 Å². The monoisotopic (exact) mass is 84.1 g/mol.